The Balaban J connectivity index is 1.35. The van der Waals surface area contributed by atoms with Crippen LogP contribution in [0.15, 0.2) is 0 Å². The molecule has 2 aliphatic rings. The molecular weight excluding hydrogens is 304 g/mol. The maximum absolute atomic E-state index is 5.27. The minimum atomic E-state index is 0.213. The van der Waals surface area contributed by atoms with Gasteiger partial charge in [-0.3, -0.25) is 0 Å². The second kappa shape index (κ2) is 9.29. The molecule has 0 aromatic carbocycles. The third-order valence-corrected chi connectivity index (χ3v) is 10.6. The third-order valence-electron chi connectivity index (χ3n) is 2.76. The third kappa shape index (κ3) is 7.80. The lowest BCUT2D eigenvalue weighted by molar-refractivity contribution is 0.426. The summed E-state index contributed by atoms with van der Waals surface area (Å²) in [6.07, 6.45) is 1.19. The van der Waals surface area contributed by atoms with Crippen molar-refractivity contribution >= 4 is 44.2 Å². The molecule has 2 aliphatic heterocycles. The van der Waals surface area contributed by atoms with Crippen LogP contribution in [0.1, 0.15) is 6.92 Å². The fourth-order valence-corrected chi connectivity index (χ4v) is 8.47. The van der Waals surface area contributed by atoms with Crippen LogP contribution in [-0.2, 0) is 9.47 Å². The highest BCUT2D eigenvalue weighted by Gasteiger charge is 2.23. The van der Waals surface area contributed by atoms with Crippen molar-refractivity contribution in [1.29, 1.82) is 0 Å². The summed E-state index contributed by atoms with van der Waals surface area (Å²) in [5, 5.41) is 0. The van der Waals surface area contributed by atoms with E-state index in [1.807, 2.05) is 11.8 Å². The zero-order valence-corrected chi connectivity index (χ0v) is 14.4. The minimum absolute atomic E-state index is 0.213. The van der Waals surface area contributed by atoms with E-state index >= 15 is 0 Å². The highest BCUT2D eigenvalue weighted by Crippen LogP contribution is 2.42. The average Bonchev–Trinajstić information content (AvgIpc) is 3.26. The van der Waals surface area contributed by atoms with Crippen molar-refractivity contribution in [2.75, 3.05) is 53.5 Å². The fourth-order valence-electron chi connectivity index (χ4n) is 1.43. The highest BCUT2D eigenvalue weighted by atomic mass is 33.1. The standard InChI is InChI=1S/C12H24O2S4/c1-2-18(17-10-12-8-14-12)6-5-15-3-4-16-9-11-7-13-11/h11-12,18H,2-10H2,1H3. The molecule has 0 amide bonds. The quantitative estimate of drug-likeness (QED) is 0.257. The van der Waals surface area contributed by atoms with Crippen LogP contribution in [0.3, 0.4) is 0 Å². The summed E-state index contributed by atoms with van der Waals surface area (Å²) in [4.78, 5) is 0. The van der Waals surface area contributed by atoms with E-state index in [-0.39, 0.29) is 9.93 Å². The van der Waals surface area contributed by atoms with Crippen LogP contribution in [0, 0.1) is 0 Å². The number of rotatable bonds is 12. The largest absolute Gasteiger partial charge is 0.372 e. The molecule has 2 nitrogen and oxygen atoms in total. The molecule has 2 heterocycles. The van der Waals surface area contributed by atoms with Gasteiger partial charge < -0.3 is 9.47 Å². The molecule has 0 radical (unpaired) electrons. The van der Waals surface area contributed by atoms with Gasteiger partial charge in [-0.1, -0.05) is 6.92 Å². The van der Waals surface area contributed by atoms with Crippen molar-refractivity contribution in [2.24, 2.45) is 0 Å². The number of thioether (sulfide) groups is 2. The Labute approximate surface area is 126 Å². The molecule has 0 spiro atoms. The summed E-state index contributed by atoms with van der Waals surface area (Å²) in [5.41, 5.74) is 0. The number of ether oxygens (including phenoxy) is 2. The van der Waals surface area contributed by atoms with E-state index in [9.17, 15) is 0 Å². The number of hydrogen-bond donors (Lipinski definition) is 1. The second-order valence-corrected chi connectivity index (χ2v) is 11.7. The summed E-state index contributed by atoms with van der Waals surface area (Å²) >= 11 is 4.18. The van der Waals surface area contributed by atoms with Crippen molar-refractivity contribution in [3.05, 3.63) is 0 Å². The van der Waals surface area contributed by atoms with Gasteiger partial charge in [-0.2, -0.15) is 23.5 Å². The molecular formula is C12H24O2S4. The maximum atomic E-state index is 5.27. The summed E-state index contributed by atoms with van der Waals surface area (Å²) in [5.74, 6) is 9.17. The van der Waals surface area contributed by atoms with E-state index in [4.69, 9.17) is 9.47 Å². The second-order valence-electron chi connectivity index (χ2n) is 4.42. The van der Waals surface area contributed by atoms with Gasteiger partial charge in [0.1, 0.15) is 0 Å². The topological polar surface area (TPSA) is 25.1 Å². The van der Waals surface area contributed by atoms with Crippen molar-refractivity contribution in [1.82, 2.24) is 0 Å². The number of hydrogen-bond acceptors (Lipinski definition) is 5. The Hall–Kier alpha value is 1.32. The molecule has 2 rings (SSSR count). The van der Waals surface area contributed by atoms with Gasteiger partial charge in [0.2, 0.25) is 0 Å². The smallest absolute Gasteiger partial charge is 0.0907 e. The molecule has 0 aliphatic carbocycles. The van der Waals surface area contributed by atoms with Crippen LogP contribution in [0.4, 0.5) is 0 Å². The lowest BCUT2D eigenvalue weighted by atomic mass is 10.6. The van der Waals surface area contributed by atoms with Crippen LogP contribution >= 0.6 is 44.2 Å². The lowest BCUT2D eigenvalue weighted by Crippen LogP contribution is -1.98. The molecule has 2 saturated heterocycles. The fraction of sp³-hybridized carbons (Fsp3) is 1.00. The first-order chi connectivity index (χ1) is 8.88. The zero-order chi connectivity index (χ0) is 12.6. The normalized spacial score (nSPS) is 28.2. The molecule has 0 bridgehead atoms. The Morgan fingerprint density at radius 1 is 1.00 bits per heavy atom. The number of epoxide rings is 2. The van der Waals surface area contributed by atoms with Gasteiger partial charge in [-0.05, 0) is 11.5 Å². The first kappa shape index (κ1) is 15.7. The highest BCUT2D eigenvalue weighted by molar-refractivity contribution is 8.85. The summed E-state index contributed by atoms with van der Waals surface area (Å²) < 4.78 is 10.5. The molecule has 0 aromatic rings. The monoisotopic (exact) mass is 328 g/mol. The SMILES string of the molecule is CC[SH](CCSCCSCC1CO1)SCC1CO1. The zero-order valence-electron chi connectivity index (χ0n) is 11.0. The van der Waals surface area contributed by atoms with Gasteiger partial charge >= 0.3 is 0 Å². The first-order valence-corrected chi connectivity index (χ1v) is 12.3. The van der Waals surface area contributed by atoms with Crippen LogP contribution in [0.2, 0.25) is 0 Å². The maximum Gasteiger partial charge on any atom is 0.0907 e. The lowest BCUT2D eigenvalue weighted by Gasteiger charge is -2.18. The van der Waals surface area contributed by atoms with Crippen molar-refractivity contribution < 1.29 is 9.47 Å². The van der Waals surface area contributed by atoms with Crippen LogP contribution in [0.5, 0.6) is 0 Å². The molecule has 2 fully saturated rings. The van der Waals surface area contributed by atoms with Crippen molar-refractivity contribution in [2.45, 2.75) is 19.1 Å². The molecule has 3 atom stereocenters. The summed E-state index contributed by atoms with van der Waals surface area (Å²) in [6, 6.07) is 0. The molecule has 18 heavy (non-hydrogen) atoms. The van der Waals surface area contributed by atoms with Crippen molar-refractivity contribution in [3.8, 4) is 0 Å². The minimum Gasteiger partial charge on any atom is -0.372 e. The molecule has 0 N–H and O–H groups in total. The predicted octanol–water partition coefficient (Wildman–Crippen LogP) is 2.92. The van der Waals surface area contributed by atoms with Gasteiger partial charge in [0.25, 0.3) is 0 Å². The van der Waals surface area contributed by atoms with Gasteiger partial charge in [0.05, 0.1) is 25.4 Å². The van der Waals surface area contributed by atoms with Crippen molar-refractivity contribution in [3.63, 3.8) is 0 Å². The van der Waals surface area contributed by atoms with E-state index in [1.54, 1.807) is 0 Å². The van der Waals surface area contributed by atoms with E-state index in [1.165, 1.54) is 40.3 Å². The molecule has 0 aromatic heterocycles. The predicted molar refractivity (Wildman–Crippen MR) is 91.0 cm³/mol. The molecule has 6 heteroatoms. The van der Waals surface area contributed by atoms with E-state index in [0.29, 0.717) is 12.2 Å². The van der Waals surface area contributed by atoms with Gasteiger partial charge in [-0.25, -0.2) is 9.93 Å². The summed E-state index contributed by atoms with van der Waals surface area (Å²) in [7, 11) is 2.39. The Bertz CT molecular complexity index is 222. The Morgan fingerprint density at radius 3 is 2.33 bits per heavy atom. The molecule has 3 unspecified atom stereocenters. The van der Waals surface area contributed by atoms with Gasteiger partial charge in [0.15, 0.2) is 0 Å². The molecule has 108 valence electrons. The van der Waals surface area contributed by atoms with E-state index in [0.717, 1.165) is 13.2 Å². The Morgan fingerprint density at radius 2 is 1.67 bits per heavy atom. The first-order valence-electron chi connectivity index (χ1n) is 6.65. The van der Waals surface area contributed by atoms with E-state index < -0.39 is 0 Å². The van der Waals surface area contributed by atoms with E-state index in [2.05, 4.69) is 29.5 Å². The van der Waals surface area contributed by atoms with Crippen LogP contribution in [0.25, 0.3) is 0 Å². The van der Waals surface area contributed by atoms with Crippen LogP contribution < -0.4 is 0 Å². The molecule has 0 saturated carbocycles. The van der Waals surface area contributed by atoms with Crippen LogP contribution in [-0.4, -0.2) is 65.7 Å². The van der Waals surface area contributed by atoms with Gasteiger partial charge in [-0.15, -0.1) is 10.8 Å². The number of thiol groups is 1. The summed E-state index contributed by atoms with van der Waals surface area (Å²) in [6.45, 7) is 4.35. The van der Waals surface area contributed by atoms with Gasteiger partial charge in [0, 0.05) is 28.8 Å². The Kier molecular flexibility index (Phi) is 8.11. The average molecular weight is 329 g/mol.